The molecule has 0 fully saturated rings. The number of aromatic hydroxyl groups is 2. The second-order valence-corrected chi connectivity index (χ2v) is 2.41. The van der Waals surface area contributed by atoms with Crippen LogP contribution in [0.4, 0.5) is 0 Å². The van der Waals surface area contributed by atoms with Crippen LogP contribution in [0.1, 0.15) is 18.5 Å². The van der Waals surface area contributed by atoms with Crippen molar-refractivity contribution < 1.29 is 34.9 Å². The molecule has 0 unspecified atom stereocenters. The Kier molecular flexibility index (Phi) is 1.11. The topological polar surface area (TPSA) is 124 Å². The van der Waals surface area contributed by atoms with Gasteiger partial charge in [-0.2, -0.15) is 0 Å². The molecule has 6 N–H and O–H groups in total. The molecular weight excluding hydrogens is 202 g/mol. The Balaban J connectivity index is 3.94. The average Bonchev–Trinajstić information content (AvgIpc) is 2.56. The quantitative estimate of drug-likeness (QED) is 0.429. The summed E-state index contributed by atoms with van der Waals surface area (Å²) < 4.78 is 66.3. The highest BCUT2D eigenvalue weighted by atomic mass is 16.4. The minimum Gasteiger partial charge on any atom is -0.504 e. The van der Waals surface area contributed by atoms with Gasteiger partial charge in [-0.05, 0) is 17.6 Å². The van der Waals surface area contributed by atoms with Crippen LogP contribution >= 0.6 is 0 Å². The molecule has 6 heteroatoms. The smallest absolute Gasteiger partial charge is 0.323 e. The second-order valence-electron chi connectivity index (χ2n) is 2.41. The lowest BCUT2D eigenvalue weighted by Crippen LogP contribution is -2.36. The molecule has 15 heavy (non-hydrogen) atoms. The average molecular weight is 222 g/mol. The molecule has 82 valence electrons. The zero-order chi connectivity index (χ0) is 19.0. The molecule has 0 heterocycles. The predicted octanol–water partition coefficient (Wildman–Crippen LogP) is -0.457. The molecule has 2 atom stereocenters. The molecule has 0 bridgehead atoms. The van der Waals surface area contributed by atoms with E-state index in [4.69, 9.17) is 12.5 Å². The number of benzene rings is 1. The first-order valence-electron chi connectivity index (χ1n) is 7.74. The van der Waals surface area contributed by atoms with Gasteiger partial charge in [-0.1, -0.05) is 6.04 Å². The lowest BCUT2D eigenvalue weighted by Gasteiger charge is -2.15. The van der Waals surface area contributed by atoms with Crippen molar-refractivity contribution in [3.05, 3.63) is 23.7 Å². The molecule has 1 aromatic carbocycles. The van der Waals surface area contributed by atoms with Crippen LogP contribution in [0.3, 0.4) is 0 Å². The van der Waals surface area contributed by atoms with Crippen molar-refractivity contribution >= 4 is 5.97 Å². The summed E-state index contributed by atoms with van der Waals surface area (Å²) in [7, 11) is 0. The number of phenols is 2. The van der Waals surface area contributed by atoms with Crippen LogP contribution in [0.15, 0.2) is 18.1 Å². The number of hydrogen-bond acceptors (Lipinski definition) is 6. The maximum Gasteiger partial charge on any atom is 0.323 e. The Bertz CT molecular complexity index is 644. The van der Waals surface area contributed by atoms with Crippen LogP contribution in [0.25, 0.3) is 1.43 Å². The van der Waals surface area contributed by atoms with Gasteiger partial charge in [0.15, 0.2) is 11.5 Å². The molecule has 6 nitrogen and oxygen atoms in total. The molecule has 0 radical (unpaired) electrons. The number of carboxylic acid groups (broad SMARTS) is 1. The van der Waals surface area contributed by atoms with E-state index >= 15 is 0 Å². The zero-order valence-electron chi connectivity index (χ0n) is 16.1. The fourth-order valence-corrected chi connectivity index (χ4v) is 0.714. The van der Waals surface area contributed by atoms with Gasteiger partial charge in [0.25, 0.3) is 1.43 Å². The van der Waals surface area contributed by atoms with Crippen molar-refractivity contribution in [1.82, 2.24) is 0 Å². The van der Waals surface area contributed by atoms with Gasteiger partial charge in [-0.3, -0.25) is 4.79 Å². The van der Waals surface area contributed by atoms with Crippen LogP contribution in [-0.2, 0) is 4.79 Å². The fourth-order valence-electron chi connectivity index (χ4n) is 0.714. The van der Waals surface area contributed by atoms with E-state index in [1.807, 2.05) is 0 Å². The second kappa shape index (κ2) is 4.16. The summed E-state index contributed by atoms with van der Waals surface area (Å²) in [6.07, 6.45) is -3.54. The molecule has 0 saturated heterocycles. The number of nitrogens with two attached hydrogens (primary N) is 1. The largest absolute Gasteiger partial charge is 0.504 e. The Morgan fingerprint density at radius 2 is 2.40 bits per heavy atom. The molecule has 0 aliphatic rings. The highest BCUT2D eigenvalue weighted by Gasteiger charge is 2.24. The molecule has 0 aromatic heterocycles. The van der Waals surface area contributed by atoms with Crippen LogP contribution < -0.4 is 5.72 Å². The van der Waals surface area contributed by atoms with E-state index in [1.54, 1.807) is 0 Å². The molecule has 0 amide bonds. The van der Waals surface area contributed by atoms with Gasteiger partial charge in [0.05, 0.1) is 6.85 Å². The minimum atomic E-state index is -3.61. The van der Waals surface area contributed by atoms with E-state index in [2.05, 4.69) is 10.2 Å². The maximum absolute atomic E-state index is 11.7. The van der Waals surface area contributed by atoms with Crippen molar-refractivity contribution in [2.75, 3.05) is 0 Å². The molecular formula is C9H11NO5. The fraction of sp³-hybridized carbons (Fsp3) is 0.222. The van der Waals surface area contributed by atoms with Crippen LogP contribution in [0.5, 0.6) is 11.5 Å². The van der Waals surface area contributed by atoms with Gasteiger partial charge in [-0.25, -0.2) is 0 Å². The monoisotopic (exact) mass is 222 g/mol. The molecule has 0 aliphatic carbocycles. The lowest BCUT2D eigenvalue weighted by molar-refractivity contribution is -0.141. The lowest BCUT2D eigenvalue weighted by atomic mass is 10.0. The van der Waals surface area contributed by atoms with Gasteiger partial charge in [0, 0.05) is 0 Å². The van der Waals surface area contributed by atoms with Gasteiger partial charge >= 0.3 is 5.97 Å². The molecule has 0 spiro atoms. The molecule has 0 saturated carbocycles. The Labute approximate surface area is 98.1 Å². The van der Waals surface area contributed by atoms with Gasteiger partial charge in [-0.15, -0.1) is 0 Å². The Hall–Kier alpha value is -1.79. The summed E-state index contributed by atoms with van der Waals surface area (Å²) in [6.45, 7) is 0. The number of aliphatic hydroxyl groups is 1. The first-order valence-corrected chi connectivity index (χ1v) is 3.53. The summed E-state index contributed by atoms with van der Waals surface area (Å²) >= 11 is 0. The summed E-state index contributed by atoms with van der Waals surface area (Å²) in [6, 6.07) is -7.14. The van der Waals surface area contributed by atoms with Crippen molar-refractivity contribution in [3.8, 4) is 11.5 Å². The number of carboxylic acids is 1. The van der Waals surface area contributed by atoms with E-state index < -0.39 is 59.0 Å². The number of aliphatic carboxylic acids is 1. The van der Waals surface area contributed by atoms with Gasteiger partial charge < -0.3 is 26.2 Å². The number of phenolic OH excluding ortho intramolecular Hbond substituents is 2. The standard InChI is InChI=1S/C9H11NO5/c10-7(9(14)15)8(13)4-1-2-5(11)6(12)3-4/h1-3,7-8,11-13H,10H2,(H,14,15)/t7-,8+/m0/s1/i1D,2D,3D,7D,8D,13D/hD3. The third-order valence-electron chi connectivity index (χ3n) is 1.41. The zero-order valence-corrected chi connectivity index (χ0v) is 7.07. The van der Waals surface area contributed by atoms with Gasteiger partial charge in [0.1, 0.15) is 14.9 Å². The SMILES string of the molecule is [2H]OC(=O)[C@@]([2H])(N([2H])[2H])[C@]([2H])(O[2H])c1c([2H])c([2H])c(O)c(O)c1[2H]. The Morgan fingerprint density at radius 1 is 1.60 bits per heavy atom. The van der Waals surface area contributed by atoms with Gasteiger partial charge in [0.2, 0.25) is 1.43 Å². The third-order valence-corrected chi connectivity index (χ3v) is 1.41. The van der Waals surface area contributed by atoms with Crippen molar-refractivity contribution in [2.24, 2.45) is 5.72 Å². The molecule has 1 rings (SSSR count). The summed E-state index contributed by atoms with van der Waals surface area (Å²) in [5.74, 6) is -4.54. The van der Waals surface area contributed by atoms with Crippen molar-refractivity contribution in [2.45, 2.75) is 12.1 Å². The first kappa shape index (κ1) is 3.99. The van der Waals surface area contributed by atoms with E-state index in [0.717, 1.165) is 0 Å². The minimum absolute atomic E-state index is 0.752. The van der Waals surface area contributed by atoms with Crippen LogP contribution in [0.2, 0.25) is 2.82 Å². The van der Waals surface area contributed by atoms with Crippen LogP contribution in [0, 0.1) is 0 Å². The van der Waals surface area contributed by atoms with E-state index in [9.17, 15) is 15.0 Å². The molecule has 0 aliphatic heterocycles. The number of hydrogen-bond donors (Lipinski definition) is 5. The third kappa shape index (κ3) is 2.36. The maximum atomic E-state index is 11.7. The van der Waals surface area contributed by atoms with E-state index in [-0.39, 0.29) is 0 Å². The first-order chi connectivity index (χ1) is 10.9. The molecule has 1 aromatic rings. The number of carbonyl (C=O) groups is 1. The van der Waals surface area contributed by atoms with E-state index in [0.29, 0.717) is 0 Å². The summed E-state index contributed by atoms with van der Waals surface area (Å²) in [4.78, 5) is 11.7. The van der Waals surface area contributed by atoms with Crippen molar-refractivity contribution in [3.63, 3.8) is 0 Å². The summed E-state index contributed by atoms with van der Waals surface area (Å²) in [5.41, 5.74) is -1.99. The Morgan fingerprint density at radius 3 is 3.00 bits per heavy atom. The van der Waals surface area contributed by atoms with Crippen LogP contribution in [-0.4, -0.2) is 33.8 Å². The predicted molar refractivity (Wildman–Crippen MR) is 50.3 cm³/mol. The highest BCUT2D eigenvalue weighted by molar-refractivity contribution is 5.74. The normalized spacial score (nSPS) is 27.1. The van der Waals surface area contributed by atoms with E-state index in [1.165, 1.54) is 0 Å². The summed E-state index contributed by atoms with van der Waals surface area (Å²) in [5, 5.41) is 26.4. The van der Waals surface area contributed by atoms with Crippen molar-refractivity contribution in [1.29, 1.82) is 2.86 Å². The number of rotatable bonds is 5. The highest BCUT2D eigenvalue weighted by Crippen LogP contribution is 2.28.